The molecule has 0 bridgehead atoms. The maximum Gasteiger partial charge on any atom is 0.120 e. The fourth-order valence-corrected chi connectivity index (χ4v) is 2.14. The van der Waals surface area contributed by atoms with E-state index in [4.69, 9.17) is 4.74 Å². The van der Waals surface area contributed by atoms with Crippen molar-refractivity contribution in [3.05, 3.63) is 23.8 Å². The van der Waals surface area contributed by atoms with E-state index < -0.39 is 0 Å². The van der Waals surface area contributed by atoms with Gasteiger partial charge >= 0.3 is 0 Å². The number of nitrogens with zero attached hydrogens (tertiary/aromatic N) is 1. The van der Waals surface area contributed by atoms with Crippen molar-refractivity contribution in [2.24, 2.45) is 0 Å². The van der Waals surface area contributed by atoms with Crippen LogP contribution < -0.4 is 10.1 Å². The second kappa shape index (κ2) is 4.11. The summed E-state index contributed by atoms with van der Waals surface area (Å²) in [4.78, 5) is 2.27. The van der Waals surface area contributed by atoms with Crippen molar-refractivity contribution in [1.29, 1.82) is 0 Å². The highest BCUT2D eigenvalue weighted by Crippen LogP contribution is 2.34. The van der Waals surface area contributed by atoms with Crippen molar-refractivity contribution >= 4 is 5.69 Å². The summed E-state index contributed by atoms with van der Waals surface area (Å²) in [5, 5.41) is 3.42. The minimum atomic E-state index is 0.521. The van der Waals surface area contributed by atoms with Crippen molar-refractivity contribution in [3.63, 3.8) is 0 Å². The second-order valence-corrected chi connectivity index (χ2v) is 4.15. The Morgan fingerprint density at radius 2 is 2.20 bits per heavy atom. The maximum atomic E-state index is 5.22. The van der Waals surface area contributed by atoms with Gasteiger partial charge in [0.15, 0.2) is 0 Å². The average molecular weight is 206 g/mol. The Bertz CT molecular complexity index is 349. The molecule has 1 heterocycles. The Kier molecular flexibility index (Phi) is 2.82. The van der Waals surface area contributed by atoms with Gasteiger partial charge in [-0.05, 0) is 32.1 Å². The van der Waals surface area contributed by atoms with E-state index >= 15 is 0 Å². The molecule has 1 aromatic rings. The molecule has 0 saturated heterocycles. The molecule has 15 heavy (non-hydrogen) atoms. The number of benzene rings is 1. The standard InChI is InChI=1S/C12H18N2O/c1-14(2)12-6-7-13-11-8-9(15-3)4-5-10(11)12/h4-5,8,12-13H,6-7H2,1-3H3. The fraction of sp³-hybridized carbons (Fsp3) is 0.500. The SMILES string of the molecule is COc1ccc2c(c1)NCCC2N(C)C. The van der Waals surface area contributed by atoms with Crippen LogP contribution in [-0.4, -0.2) is 32.6 Å². The van der Waals surface area contributed by atoms with E-state index in [-0.39, 0.29) is 0 Å². The molecular formula is C12H18N2O. The van der Waals surface area contributed by atoms with Gasteiger partial charge in [-0.1, -0.05) is 6.07 Å². The number of fused-ring (bicyclic) bond motifs is 1. The number of nitrogens with one attached hydrogen (secondary N) is 1. The minimum absolute atomic E-state index is 0.521. The van der Waals surface area contributed by atoms with E-state index in [1.807, 2.05) is 6.07 Å². The zero-order chi connectivity index (χ0) is 10.8. The van der Waals surface area contributed by atoms with Gasteiger partial charge in [0.25, 0.3) is 0 Å². The second-order valence-electron chi connectivity index (χ2n) is 4.15. The molecule has 0 amide bonds. The lowest BCUT2D eigenvalue weighted by atomic mass is 9.97. The molecule has 1 atom stereocenters. The number of methoxy groups -OCH3 is 1. The monoisotopic (exact) mass is 206 g/mol. The highest BCUT2D eigenvalue weighted by atomic mass is 16.5. The van der Waals surface area contributed by atoms with Crippen LogP contribution in [0.5, 0.6) is 5.75 Å². The zero-order valence-electron chi connectivity index (χ0n) is 9.58. The summed E-state index contributed by atoms with van der Waals surface area (Å²) >= 11 is 0. The smallest absolute Gasteiger partial charge is 0.120 e. The van der Waals surface area contributed by atoms with Gasteiger partial charge < -0.3 is 15.0 Å². The van der Waals surface area contributed by atoms with Crippen LogP contribution in [0.25, 0.3) is 0 Å². The van der Waals surface area contributed by atoms with Gasteiger partial charge in [-0.15, -0.1) is 0 Å². The highest BCUT2D eigenvalue weighted by Gasteiger charge is 2.21. The first-order chi connectivity index (χ1) is 7.22. The molecule has 1 aliphatic rings. The summed E-state index contributed by atoms with van der Waals surface area (Å²) in [6.07, 6.45) is 1.16. The molecule has 0 spiro atoms. The Balaban J connectivity index is 2.36. The number of hydrogen-bond acceptors (Lipinski definition) is 3. The van der Waals surface area contributed by atoms with Gasteiger partial charge in [0, 0.05) is 24.3 Å². The fourth-order valence-electron chi connectivity index (χ4n) is 2.14. The van der Waals surface area contributed by atoms with Crippen LogP contribution in [-0.2, 0) is 0 Å². The Labute approximate surface area is 91.0 Å². The Morgan fingerprint density at radius 3 is 2.87 bits per heavy atom. The third kappa shape index (κ3) is 1.92. The predicted octanol–water partition coefficient (Wildman–Crippen LogP) is 2.11. The first kappa shape index (κ1) is 10.3. The quantitative estimate of drug-likeness (QED) is 0.802. The molecule has 0 aromatic heterocycles. The molecule has 2 rings (SSSR count). The van der Waals surface area contributed by atoms with Gasteiger partial charge in [0.2, 0.25) is 0 Å². The number of hydrogen-bond donors (Lipinski definition) is 1. The van der Waals surface area contributed by atoms with Crippen molar-refractivity contribution in [2.75, 3.05) is 33.1 Å². The highest BCUT2D eigenvalue weighted by molar-refractivity contribution is 5.58. The van der Waals surface area contributed by atoms with Crippen LogP contribution in [0.2, 0.25) is 0 Å². The van der Waals surface area contributed by atoms with Crippen LogP contribution in [0.15, 0.2) is 18.2 Å². The Hall–Kier alpha value is -1.22. The molecule has 1 aliphatic heterocycles. The topological polar surface area (TPSA) is 24.5 Å². The molecule has 0 fully saturated rings. The molecule has 3 nitrogen and oxygen atoms in total. The van der Waals surface area contributed by atoms with Crippen LogP contribution >= 0.6 is 0 Å². The lowest BCUT2D eigenvalue weighted by Gasteiger charge is -2.31. The van der Waals surface area contributed by atoms with Gasteiger partial charge in [0.05, 0.1) is 7.11 Å². The minimum Gasteiger partial charge on any atom is -0.497 e. The third-order valence-electron chi connectivity index (χ3n) is 2.98. The van der Waals surface area contributed by atoms with Crippen molar-refractivity contribution in [2.45, 2.75) is 12.5 Å². The Morgan fingerprint density at radius 1 is 1.40 bits per heavy atom. The summed E-state index contributed by atoms with van der Waals surface area (Å²) in [6, 6.07) is 6.78. The van der Waals surface area contributed by atoms with Crippen molar-refractivity contribution < 1.29 is 4.74 Å². The number of rotatable bonds is 2. The lowest BCUT2D eigenvalue weighted by Crippen LogP contribution is -2.27. The first-order valence-electron chi connectivity index (χ1n) is 5.30. The van der Waals surface area contributed by atoms with E-state index in [0.29, 0.717) is 6.04 Å². The van der Waals surface area contributed by atoms with E-state index in [0.717, 1.165) is 18.7 Å². The predicted molar refractivity (Wildman–Crippen MR) is 62.5 cm³/mol. The molecule has 1 N–H and O–H groups in total. The maximum absolute atomic E-state index is 5.22. The molecule has 0 saturated carbocycles. The zero-order valence-corrected chi connectivity index (χ0v) is 9.58. The largest absolute Gasteiger partial charge is 0.497 e. The average Bonchev–Trinajstić information content (AvgIpc) is 2.27. The third-order valence-corrected chi connectivity index (χ3v) is 2.98. The van der Waals surface area contributed by atoms with Gasteiger partial charge in [-0.25, -0.2) is 0 Å². The lowest BCUT2D eigenvalue weighted by molar-refractivity contribution is 0.284. The molecule has 1 unspecified atom stereocenters. The van der Waals surface area contributed by atoms with Gasteiger partial charge in [-0.2, -0.15) is 0 Å². The molecule has 0 aliphatic carbocycles. The normalized spacial score (nSPS) is 19.6. The van der Waals surface area contributed by atoms with Crippen LogP contribution in [0, 0.1) is 0 Å². The first-order valence-corrected chi connectivity index (χ1v) is 5.30. The summed E-state index contributed by atoms with van der Waals surface area (Å²) in [6.45, 7) is 1.03. The van der Waals surface area contributed by atoms with Gasteiger partial charge in [0.1, 0.15) is 5.75 Å². The number of ether oxygens (including phenoxy) is 1. The summed E-state index contributed by atoms with van der Waals surface area (Å²) < 4.78 is 5.22. The van der Waals surface area contributed by atoms with E-state index in [2.05, 4.69) is 36.4 Å². The van der Waals surface area contributed by atoms with Crippen LogP contribution in [0.1, 0.15) is 18.0 Å². The summed E-state index contributed by atoms with van der Waals surface area (Å²) in [7, 11) is 5.96. The van der Waals surface area contributed by atoms with E-state index in [9.17, 15) is 0 Å². The van der Waals surface area contributed by atoms with Gasteiger partial charge in [-0.3, -0.25) is 0 Å². The van der Waals surface area contributed by atoms with Crippen LogP contribution in [0.4, 0.5) is 5.69 Å². The molecule has 3 heteroatoms. The van der Waals surface area contributed by atoms with E-state index in [1.165, 1.54) is 11.3 Å². The summed E-state index contributed by atoms with van der Waals surface area (Å²) in [5.41, 5.74) is 2.58. The molecular weight excluding hydrogens is 188 g/mol. The summed E-state index contributed by atoms with van der Waals surface area (Å²) in [5.74, 6) is 0.917. The van der Waals surface area contributed by atoms with Crippen LogP contribution in [0.3, 0.4) is 0 Å². The molecule has 82 valence electrons. The van der Waals surface area contributed by atoms with Crippen molar-refractivity contribution in [1.82, 2.24) is 4.90 Å². The number of anilines is 1. The molecule has 1 aromatic carbocycles. The molecule has 0 radical (unpaired) electrons. The van der Waals surface area contributed by atoms with Crippen molar-refractivity contribution in [3.8, 4) is 5.75 Å². The van der Waals surface area contributed by atoms with E-state index in [1.54, 1.807) is 7.11 Å².